The van der Waals surface area contributed by atoms with Crippen molar-refractivity contribution in [3.8, 4) is 0 Å². The Hall–Kier alpha value is -1.42. The minimum atomic E-state index is -0.769. The van der Waals surface area contributed by atoms with E-state index in [1.54, 1.807) is 12.4 Å². The molecule has 0 aromatic carbocycles. The van der Waals surface area contributed by atoms with E-state index in [-0.39, 0.29) is 12.5 Å². The second-order valence-corrected chi connectivity index (χ2v) is 3.06. The van der Waals surface area contributed by atoms with Crippen molar-refractivity contribution >= 4 is 5.97 Å². The summed E-state index contributed by atoms with van der Waals surface area (Å²) in [6.07, 6.45) is 4.20. The van der Waals surface area contributed by atoms with Crippen molar-refractivity contribution in [2.24, 2.45) is 0 Å². The lowest BCUT2D eigenvalue weighted by Crippen LogP contribution is -2.17. The monoisotopic (exact) mass is 194 g/mol. The summed E-state index contributed by atoms with van der Waals surface area (Å²) in [5, 5.41) is 11.6. The number of nitrogens with zero attached hydrogens (tertiary/aromatic N) is 1. The van der Waals surface area contributed by atoms with Crippen LogP contribution >= 0.6 is 0 Å². The highest BCUT2D eigenvalue weighted by Gasteiger charge is 2.10. The largest absolute Gasteiger partial charge is 0.481 e. The predicted molar refractivity (Wildman–Crippen MR) is 52.9 cm³/mol. The van der Waals surface area contributed by atoms with E-state index in [1.807, 2.05) is 19.2 Å². The number of aliphatic carboxylic acids is 1. The molecule has 0 saturated heterocycles. The molecule has 1 atom stereocenters. The number of hydrogen-bond donors (Lipinski definition) is 2. The smallest absolute Gasteiger partial charge is 0.303 e. The van der Waals surface area contributed by atoms with E-state index < -0.39 is 5.97 Å². The molecule has 1 rings (SSSR count). The standard InChI is InChI=1S/C10H14N2O2/c1-11-9(4-5-10(13)14)8-3-2-6-12-7-8/h2-3,6-7,9,11H,4-5H2,1H3,(H,13,14). The molecule has 1 aromatic rings. The van der Waals surface area contributed by atoms with Crippen molar-refractivity contribution in [2.75, 3.05) is 7.05 Å². The fraction of sp³-hybridized carbons (Fsp3) is 0.400. The minimum absolute atomic E-state index is 0.0693. The van der Waals surface area contributed by atoms with Crippen LogP contribution in [0, 0.1) is 0 Å². The van der Waals surface area contributed by atoms with Crippen molar-refractivity contribution in [3.63, 3.8) is 0 Å². The zero-order valence-corrected chi connectivity index (χ0v) is 8.10. The first-order valence-electron chi connectivity index (χ1n) is 4.53. The molecule has 0 bridgehead atoms. The summed E-state index contributed by atoms with van der Waals surface area (Å²) in [6, 6.07) is 3.86. The van der Waals surface area contributed by atoms with Crippen molar-refractivity contribution in [1.82, 2.24) is 10.3 Å². The van der Waals surface area contributed by atoms with Gasteiger partial charge in [-0.15, -0.1) is 0 Å². The number of rotatable bonds is 5. The van der Waals surface area contributed by atoms with Gasteiger partial charge >= 0.3 is 5.97 Å². The molecule has 0 radical (unpaired) electrons. The molecule has 0 aliphatic heterocycles. The molecule has 76 valence electrons. The molecule has 0 amide bonds. The lowest BCUT2D eigenvalue weighted by molar-refractivity contribution is -0.137. The number of aromatic nitrogens is 1. The summed E-state index contributed by atoms with van der Waals surface area (Å²) in [5.41, 5.74) is 1.02. The number of carbonyl (C=O) groups is 1. The average molecular weight is 194 g/mol. The Morgan fingerprint density at radius 1 is 1.71 bits per heavy atom. The number of nitrogens with one attached hydrogen (secondary N) is 1. The zero-order valence-electron chi connectivity index (χ0n) is 8.10. The third kappa shape index (κ3) is 3.14. The van der Waals surface area contributed by atoms with Gasteiger partial charge in [-0.05, 0) is 25.1 Å². The summed E-state index contributed by atoms with van der Waals surface area (Å²) in [6.45, 7) is 0. The summed E-state index contributed by atoms with van der Waals surface area (Å²) in [5.74, 6) is -0.769. The van der Waals surface area contributed by atoms with Gasteiger partial charge in [-0.25, -0.2) is 0 Å². The molecular weight excluding hydrogens is 180 g/mol. The fourth-order valence-electron chi connectivity index (χ4n) is 1.33. The Labute approximate surface area is 83.0 Å². The van der Waals surface area contributed by atoms with Crippen LogP contribution in [0.25, 0.3) is 0 Å². The molecule has 0 spiro atoms. The van der Waals surface area contributed by atoms with E-state index in [2.05, 4.69) is 10.3 Å². The normalized spacial score (nSPS) is 12.4. The van der Waals surface area contributed by atoms with E-state index in [1.165, 1.54) is 0 Å². The molecule has 0 aliphatic carbocycles. The van der Waals surface area contributed by atoms with Gasteiger partial charge in [-0.2, -0.15) is 0 Å². The average Bonchev–Trinajstić information content (AvgIpc) is 2.20. The van der Waals surface area contributed by atoms with Gasteiger partial charge in [0.2, 0.25) is 0 Å². The van der Waals surface area contributed by atoms with Gasteiger partial charge in [-0.1, -0.05) is 6.07 Å². The van der Waals surface area contributed by atoms with E-state index in [0.717, 1.165) is 5.56 Å². The number of hydrogen-bond acceptors (Lipinski definition) is 3. The lowest BCUT2D eigenvalue weighted by atomic mass is 10.0. The van der Waals surface area contributed by atoms with Crippen LogP contribution in [-0.2, 0) is 4.79 Å². The van der Waals surface area contributed by atoms with Crippen LogP contribution in [-0.4, -0.2) is 23.1 Å². The molecule has 0 aliphatic rings. The van der Waals surface area contributed by atoms with Crippen molar-refractivity contribution < 1.29 is 9.90 Å². The van der Waals surface area contributed by atoms with Crippen LogP contribution in [0.4, 0.5) is 0 Å². The Balaban J connectivity index is 2.58. The quantitative estimate of drug-likeness (QED) is 0.739. The second-order valence-electron chi connectivity index (χ2n) is 3.06. The first-order valence-corrected chi connectivity index (χ1v) is 4.53. The maximum Gasteiger partial charge on any atom is 0.303 e. The Morgan fingerprint density at radius 3 is 3.00 bits per heavy atom. The Kier molecular flexibility index (Phi) is 4.07. The van der Waals surface area contributed by atoms with Crippen LogP contribution in [0.2, 0.25) is 0 Å². The molecule has 0 saturated carbocycles. The van der Waals surface area contributed by atoms with Crippen LogP contribution < -0.4 is 5.32 Å². The molecule has 2 N–H and O–H groups in total. The third-order valence-electron chi connectivity index (χ3n) is 2.08. The molecule has 1 heterocycles. The highest BCUT2D eigenvalue weighted by atomic mass is 16.4. The predicted octanol–water partition coefficient (Wildman–Crippen LogP) is 1.21. The van der Waals surface area contributed by atoms with Gasteiger partial charge in [0.25, 0.3) is 0 Å². The van der Waals surface area contributed by atoms with Gasteiger partial charge in [0, 0.05) is 24.9 Å². The zero-order chi connectivity index (χ0) is 10.4. The maximum absolute atomic E-state index is 10.4. The SMILES string of the molecule is CNC(CCC(=O)O)c1cccnc1. The summed E-state index contributed by atoms with van der Waals surface area (Å²) in [7, 11) is 1.82. The van der Waals surface area contributed by atoms with Gasteiger partial charge in [0.15, 0.2) is 0 Å². The molecule has 4 nitrogen and oxygen atoms in total. The van der Waals surface area contributed by atoms with E-state index in [4.69, 9.17) is 5.11 Å². The van der Waals surface area contributed by atoms with Crippen molar-refractivity contribution in [3.05, 3.63) is 30.1 Å². The highest BCUT2D eigenvalue weighted by Crippen LogP contribution is 2.16. The number of carboxylic acid groups (broad SMARTS) is 1. The van der Waals surface area contributed by atoms with Crippen LogP contribution in [0.5, 0.6) is 0 Å². The molecular formula is C10H14N2O2. The van der Waals surface area contributed by atoms with Crippen LogP contribution in [0.1, 0.15) is 24.4 Å². The van der Waals surface area contributed by atoms with Gasteiger partial charge in [0.1, 0.15) is 0 Å². The minimum Gasteiger partial charge on any atom is -0.481 e. The molecule has 14 heavy (non-hydrogen) atoms. The number of carboxylic acids is 1. The van der Waals surface area contributed by atoms with Crippen molar-refractivity contribution in [1.29, 1.82) is 0 Å². The van der Waals surface area contributed by atoms with E-state index in [0.29, 0.717) is 6.42 Å². The highest BCUT2D eigenvalue weighted by molar-refractivity contribution is 5.66. The topological polar surface area (TPSA) is 62.2 Å². The van der Waals surface area contributed by atoms with Gasteiger partial charge < -0.3 is 10.4 Å². The maximum atomic E-state index is 10.4. The summed E-state index contributed by atoms with van der Waals surface area (Å²) >= 11 is 0. The molecule has 4 heteroatoms. The fourth-order valence-corrected chi connectivity index (χ4v) is 1.33. The van der Waals surface area contributed by atoms with Crippen LogP contribution in [0.3, 0.4) is 0 Å². The summed E-state index contributed by atoms with van der Waals surface area (Å²) in [4.78, 5) is 14.4. The third-order valence-corrected chi connectivity index (χ3v) is 2.08. The van der Waals surface area contributed by atoms with E-state index >= 15 is 0 Å². The second kappa shape index (κ2) is 5.34. The summed E-state index contributed by atoms with van der Waals surface area (Å²) < 4.78 is 0. The van der Waals surface area contributed by atoms with Crippen LogP contribution in [0.15, 0.2) is 24.5 Å². The number of pyridine rings is 1. The van der Waals surface area contributed by atoms with E-state index in [9.17, 15) is 4.79 Å². The Morgan fingerprint density at radius 2 is 2.50 bits per heavy atom. The first-order chi connectivity index (χ1) is 6.74. The van der Waals surface area contributed by atoms with Gasteiger partial charge in [0.05, 0.1) is 0 Å². The Bertz CT molecular complexity index is 287. The molecule has 1 unspecified atom stereocenters. The molecule has 0 fully saturated rings. The molecule has 1 aromatic heterocycles. The lowest BCUT2D eigenvalue weighted by Gasteiger charge is -2.14. The van der Waals surface area contributed by atoms with Gasteiger partial charge in [-0.3, -0.25) is 9.78 Å². The van der Waals surface area contributed by atoms with Crippen molar-refractivity contribution in [2.45, 2.75) is 18.9 Å². The first kappa shape index (κ1) is 10.7.